The lowest BCUT2D eigenvalue weighted by Gasteiger charge is -2.21. The summed E-state index contributed by atoms with van der Waals surface area (Å²) in [4.78, 5) is 21.3. The molecule has 0 saturated carbocycles. The Morgan fingerprint density at radius 1 is 1.09 bits per heavy atom. The van der Waals surface area contributed by atoms with Crippen molar-refractivity contribution in [3.63, 3.8) is 0 Å². The number of hydrogen-bond donors (Lipinski definition) is 0. The van der Waals surface area contributed by atoms with E-state index in [1.54, 1.807) is 6.07 Å². The lowest BCUT2D eigenvalue weighted by Crippen LogP contribution is -2.33. The number of ether oxygens (including phenoxy) is 2. The van der Waals surface area contributed by atoms with Gasteiger partial charge in [0.1, 0.15) is 13.2 Å². The summed E-state index contributed by atoms with van der Waals surface area (Å²) in [7, 11) is 3.84. The van der Waals surface area contributed by atoms with E-state index >= 15 is 0 Å². The topological polar surface area (TPSA) is 54.9 Å². The van der Waals surface area contributed by atoms with Gasteiger partial charge in [0.2, 0.25) is 0 Å². The van der Waals surface area contributed by atoms with E-state index in [0.717, 1.165) is 16.8 Å². The Morgan fingerprint density at radius 2 is 1.79 bits per heavy atom. The number of nitrogens with zero attached hydrogens (tertiary/aromatic N) is 3. The molecule has 1 amide bonds. The van der Waals surface area contributed by atoms with E-state index in [9.17, 15) is 18.0 Å². The highest BCUT2D eigenvalue weighted by Crippen LogP contribution is 2.39. The number of rotatable bonds is 6. The van der Waals surface area contributed by atoms with Crippen LogP contribution in [0.25, 0.3) is 10.2 Å². The van der Waals surface area contributed by atoms with Gasteiger partial charge in [-0.2, -0.15) is 13.2 Å². The summed E-state index contributed by atoms with van der Waals surface area (Å²) in [5.41, 5.74) is -0.249. The van der Waals surface area contributed by atoms with Crippen LogP contribution in [0.5, 0.6) is 11.5 Å². The lowest BCUT2D eigenvalue weighted by atomic mass is 10.1. The Bertz CT molecular complexity index is 1090. The summed E-state index contributed by atoms with van der Waals surface area (Å²) in [5.74, 6) is 0.678. The molecule has 33 heavy (non-hydrogen) atoms. The van der Waals surface area contributed by atoms with Crippen LogP contribution in [-0.2, 0) is 6.18 Å². The van der Waals surface area contributed by atoms with E-state index in [-0.39, 0.29) is 18.0 Å². The van der Waals surface area contributed by atoms with Crippen molar-refractivity contribution in [3.8, 4) is 11.5 Å². The summed E-state index contributed by atoms with van der Waals surface area (Å²) >= 11 is 1.29. The van der Waals surface area contributed by atoms with Crippen LogP contribution < -0.4 is 14.4 Å². The SMILES string of the molecule is CN(C)CCCN(C(=O)c1cccc(C(F)(F)F)c1)c1nc2cc3c(cc2s1)OCCO3.Cl. The van der Waals surface area contributed by atoms with E-state index in [0.29, 0.717) is 54.9 Å². The third kappa shape index (κ3) is 5.69. The second-order valence-electron chi connectivity index (χ2n) is 7.65. The van der Waals surface area contributed by atoms with Crippen molar-refractivity contribution >= 4 is 45.0 Å². The van der Waals surface area contributed by atoms with Crippen molar-refractivity contribution < 1.29 is 27.4 Å². The van der Waals surface area contributed by atoms with Crippen molar-refractivity contribution in [1.82, 2.24) is 9.88 Å². The lowest BCUT2D eigenvalue weighted by molar-refractivity contribution is -0.137. The maximum absolute atomic E-state index is 13.3. The number of benzene rings is 2. The minimum atomic E-state index is -4.53. The maximum Gasteiger partial charge on any atom is 0.416 e. The van der Waals surface area contributed by atoms with Gasteiger partial charge in [-0.3, -0.25) is 9.69 Å². The normalized spacial score (nSPS) is 13.2. The van der Waals surface area contributed by atoms with E-state index in [2.05, 4.69) is 4.98 Å². The van der Waals surface area contributed by atoms with E-state index in [1.165, 1.54) is 28.4 Å². The predicted octanol–water partition coefficient (Wildman–Crippen LogP) is 5.11. The molecule has 0 atom stereocenters. The Balaban J connectivity index is 0.00000306. The summed E-state index contributed by atoms with van der Waals surface area (Å²) in [6, 6.07) is 8.05. The third-order valence-corrected chi connectivity index (χ3v) is 5.98. The van der Waals surface area contributed by atoms with Crippen LogP contribution in [0, 0.1) is 0 Å². The maximum atomic E-state index is 13.3. The standard InChI is InChI=1S/C22H22F3N3O3S.ClH/c1-27(2)7-4-8-28(20(29)14-5-3-6-15(11-14)22(23,24)25)21-26-16-12-17-18(13-19(16)32-21)31-10-9-30-17;/h3,5-6,11-13H,4,7-10H2,1-2H3;1H. The van der Waals surface area contributed by atoms with E-state index in [1.807, 2.05) is 25.1 Å². The molecule has 3 aromatic rings. The van der Waals surface area contributed by atoms with Crippen molar-refractivity contribution in [2.24, 2.45) is 0 Å². The highest BCUT2D eigenvalue weighted by Gasteiger charge is 2.32. The van der Waals surface area contributed by atoms with Crippen LogP contribution >= 0.6 is 23.7 Å². The first kappa shape index (κ1) is 25.1. The smallest absolute Gasteiger partial charge is 0.416 e. The van der Waals surface area contributed by atoms with Gasteiger partial charge in [-0.05, 0) is 45.3 Å². The zero-order valence-electron chi connectivity index (χ0n) is 18.0. The average molecular weight is 502 g/mol. The minimum Gasteiger partial charge on any atom is -0.486 e. The molecule has 2 aromatic carbocycles. The Kier molecular flexibility index (Phi) is 7.71. The van der Waals surface area contributed by atoms with Gasteiger partial charge in [0.25, 0.3) is 5.91 Å². The van der Waals surface area contributed by atoms with Crippen molar-refractivity contribution in [3.05, 3.63) is 47.5 Å². The number of thiazole rings is 1. The molecule has 1 aliphatic rings. The van der Waals surface area contributed by atoms with Gasteiger partial charge >= 0.3 is 6.18 Å². The van der Waals surface area contributed by atoms with Gasteiger partial charge in [-0.1, -0.05) is 17.4 Å². The number of fused-ring (bicyclic) bond motifs is 2. The van der Waals surface area contributed by atoms with Gasteiger partial charge in [0, 0.05) is 24.2 Å². The predicted molar refractivity (Wildman–Crippen MR) is 124 cm³/mol. The number of anilines is 1. The highest BCUT2D eigenvalue weighted by atomic mass is 35.5. The monoisotopic (exact) mass is 501 g/mol. The molecule has 0 unspecified atom stereocenters. The number of alkyl halides is 3. The summed E-state index contributed by atoms with van der Waals surface area (Å²) in [6.45, 7) is 1.93. The van der Waals surface area contributed by atoms with Crippen LogP contribution in [0.1, 0.15) is 22.3 Å². The molecule has 1 aromatic heterocycles. The molecule has 6 nitrogen and oxygen atoms in total. The molecule has 0 radical (unpaired) electrons. The molecule has 1 aliphatic heterocycles. The molecule has 11 heteroatoms. The van der Waals surface area contributed by atoms with Crippen molar-refractivity contribution in [2.75, 3.05) is 45.3 Å². The fourth-order valence-electron chi connectivity index (χ4n) is 3.38. The number of amides is 1. The molecule has 0 saturated heterocycles. The van der Waals surface area contributed by atoms with Crippen molar-refractivity contribution in [1.29, 1.82) is 0 Å². The molecular formula is C22H23ClF3N3O3S. The van der Waals surface area contributed by atoms with Gasteiger partial charge in [-0.15, -0.1) is 12.4 Å². The molecule has 0 bridgehead atoms. The zero-order chi connectivity index (χ0) is 22.9. The average Bonchev–Trinajstić information content (AvgIpc) is 3.16. The van der Waals surface area contributed by atoms with Crippen molar-refractivity contribution in [2.45, 2.75) is 12.6 Å². The van der Waals surface area contributed by atoms with Crippen LogP contribution in [0.2, 0.25) is 0 Å². The number of halogens is 4. The number of hydrogen-bond acceptors (Lipinski definition) is 6. The fraction of sp³-hybridized carbons (Fsp3) is 0.364. The van der Waals surface area contributed by atoms with Crippen LogP contribution in [0.4, 0.5) is 18.3 Å². The highest BCUT2D eigenvalue weighted by molar-refractivity contribution is 7.22. The summed E-state index contributed by atoms with van der Waals surface area (Å²) in [5, 5.41) is 0.420. The first-order valence-electron chi connectivity index (χ1n) is 10.1. The number of aromatic nitrogens is 1. The fourth-order valence-corrected chi connectivity index (χ4v) is 4.38. The first-order chi connectivity index (χ1) is 15.2. The van der Waals surface area contributed by atoms with E-state index < -0.39 is 17.6 Å². The van der Waals surface area contributed by atoms with Gasteiger partial charge in [-0.25, -0.2) is 4.98 Å². The van der Waals surface area contributed by atoms with Crippen LogP contribution in [0.3, 0.4) is 0 Å². The zero-order valence-corrected chi connectivity index (χ0v) is 19.6. The second-order valence-corrected chi connectivity index (χ2v) is 8.66. The van der Waals surface area contributed by atoms with Crippen LogP contribution in [-0.4, -0.2) is 56.2 Å². The molecule has 0 aliphatic carbocycles. The number of carbonyl (C=O) groups excluding carboxylic acids is 1. The third-order valence-electron chi connectivity index (χ3n) is 4.94. The quantitative estimate of drug-likeness (QED) is 0.470. The Morgan fingerprint density at radius 3 is 2.45 bits per heavy atom. The second kappa shape index (κ2) is 10.1. The molecular weight excluding hydrogens is 479 g/mol. The molecule has 4 rings (SSSR count). The summed E-state index contributed by atoms with van der Waals surface area (Å²) in [6.07, 6.45) is -3.89. The molecule has 178 valence electrons. The minimum absolute atomic E-state index is 0. The van der Waals surface area contributed by atoms with Gasteiger partial charge < -0.3 is 14.4 Å². The largest absolute Gasteiger partial charge is 0.486 e. The Labute approximate surface area is 199 Å². The molecule has 0 spiro atoms. The van der Waals surface area contributed by atoms with Gasteiger partial charge in [0.15, 0.2) is 16.6 Å². The molecule has 0 N–H and O–H groups in total. The molecule has 0 fully saturated rings. The first-order valence-corrected chi connectivity index (χ1v) is 10.9. The molecule has 2 heterocycles. The Hall–Kier alpha value is -2.56. The number of carbonyl (C=O) groups is 1. The van der Waals surface area contributed by atoms with Crippen LogP contribution in [0.15, 0.2) is 36.4 Å². The van der Waals surface area contributed by atoms with Gasteiger partial charge in [0.05, 0.1) is 15.8 Å². The van der Waals surface area contributed by atoms with E-state index in [4.69, 9.17) is 9.47 Å². The summed E-state index contributed by atoms with van der Waals surface area (Å²) < 4.78 is 51.5.